The van der Waals surface area contributed by atoms with Gasteiger partial charge in [-0.3, -0.25) is 14.5 Å². The molecule has 8 heteroatoms. The molecule has 0 saturated carbocycles. The van der Waals surface area contributed by atoms with Crippen molar-refractivity contribution in [2.45, 2.75) is 26.4 Å². The summed E-state index contributed by atoms with van der Waals surface area (Å²) in [6.45, 7) is 7.97. The Morgan fingerprint density at radius 2 is 1.93 bits per heavy atom. The van der Waals surface area contributed by atoms with Gasteiger partial charge in [-0.1, -0.05) is 19.9 Å². The fourth-order valence-corrected chi connectivity index (χ4v) is 5.27. The number of thiophene rings is 2. The molecule has 2 aromatic rings. The lowest BCUT2D eigenvalue weighted by Crippen LogP contribution is -2.56. The third kappa shape index (κ3) is 5.40. The fourth-order valence-electron chi connectivity index (χ4n) is 3.11. The van der Waals surface area contributed by atoms with Crippen LogP contribution in [0.5, 0.6) is 0 Å². The maximum absolute atomic E-state index is 13.0. The predicted molar refractivity (Wildman–Crippen MR) is 114 cm³/mol. The van der Waals surface area contributed by atoms with Crippen molar-refractivity contribution in [2.75, 3.05) is 26.2 Å². The molecule has 1 aliphatic rings. The highest BCUT2D eigenvalue weighted by atomic mass is 79.9. The van der Waals surface area contributed by atoms with Gasteiger partial charge in [-0.05, 0) is 45.4 Å². The van der Waals surface area contributed by atoms with Crippen molar-refractivity contribution in [3.8, 4) is 0 Å². The smallest absolute Gasteiger partial charge is 0.262 e. The van der Waals surface area contributed by atoms with Gasteiger partial charge in [0.15, 0.2) is 0 Å². The Labute approximate surface area is 176 Å². The van der Waals surface area contributed by atoms with Crippen molar-refractivity contribution >= 4 is 50.4 Å². The summed E-state index contributed by atoms with van der Waals surface area (Å²) in [6, 6.07) is 7.35. The fraction of sp³-hybridized carbons (Fsp3) is 0.474. The van der Waals surface area contributed by atoms with Gasteiger partial charge in [-0.15, -0.1) is 22.7 Å². The lowest BCUT2D eigenvalue weighted by atomic mass is 10.0. The van der Waals surface area contributed by atoms with Crippen LogP contribution in [0.4, 0.5) is 0 Å². The van der Waals surface area contributed by atoms with Crippen LogP contribution < -0.4 is 5.32 Å². The average Bonchev–Trinajstić information content (AvgIpc) is 3.31. The molecule has 0 aliphatic carbocycles. The Hall–Kier alpha value is -1.22. The number of hydrogen-bond acceptors (Lipinski definition) is 5. The first-order valence-electron chi connectivity index (χ1n) is 9.04. The highest BCUT2D eigenvalue weighted by Gasteiger charge is 2.31. The first-order chi connectivity index (χ1) is 12.9. The van der Waals surface area contributed by atoms with Crippen LogP contribution in [0.2, 0.25) is 0 Å². The summed E-state index contributed by atoms with van der Waals surface area (Å²) in [5, 5.41) is 4.80. The predicted octanol–water partition coefficient (Wildman–Crippen LogP) is 3.67. The molecule has 0 radical (unpaired) electrons. The van der Waals surface area contributed by atoms with Crippen LogP contribution in [0.3, 0.4) is 0 Å². The van der Waals surface area contributed by atoms with Gasteiger partial charge in [-0.25, -0.2) is 0 Å². The number of hydrogen-bond donors (Lipinski definition) is 1. The van der Waals surface area contributed by atoms with Gasteiger partial charge in [0.25, 0.3) is 5.91 Å². The summed E-state index contributed by atoms with van der Waals surface area (Å²) in [5.41, 5.74) is 0. The minimum atomic E-state index is -0.487. The molecule has 0 bridgehead atoms. The number of carbonyl (C=O) groups is 2. The van der Waals surface area contributed by atoms with Crippen LogP contribution in [0.1, 0.15) is 28.4 Å². The van der Waals surface area contributed by atoms with Crippen LogP contribution in [0.15, 0.2) is 33.4 Å². The van der Waals surface area contributed by atoms with Crippen molar-refractivity contribution in [1.82, 2.24) is 15.1 Å². The summed E-state index contributed by atoms with van der Waals surface area (Å²) >= 11 is 6.64. The lowest BCUT2D eigenvalue weighted by Gasteiger charge is -2.37. The first kappa shape index (κ1) is 20.5. The second kappa shape index (κ2) is 9.32. The molecule has 1 aliphatic heterocycles. The Bertz CT molecular complexity index is 768. The Balaban J connectivity index is 1.55. The first-order valence-corrected chi connectivity index (χ1v) is 11.5. The number of rotatable bonds is 6. The Morgan fingerprint density at radius 1 is 1.19 bits per heavy atom. The summed E-state index contributed by atoms with van der Waals surface area (Å²) in [4.78, 5) is 31.6. The molecule has 3 heterocycles. The number of piperazine rings is 1. The van der Waals surface area contributed by atoms with E-state index in [9.17, 15) is 9.59 Å². The third-order valence-corrected chi connectivity index (χ3v) is 7.13. The number of nitrogens with one attached hydrogen (secondary N) is 1. The van der Waals surface area contributed by atoms with Crippen molar-refractivity contribution in [2.24, 2.45) is 5.92 Å². The summed E-state index contributed by atoms with van der Waals surface area (Å²) < 4.78 is 1.15. The average molecular weight is 470 g/mol. The van der Waals surface area contributed by atoms with E-state index in [4.69, 9.17) is 0 Å². The van der Waals surface area contributed by atoms with Crippen molar-refractivity contribution < 1.29 is 9.59 Å². The molecule has 5 nitrogen and oxygen atoms in total. The molecule has 146 valence electrons. The van der Waals surface area contributed by atoms with Crippen LogP contribution in [0, 0.1) is 5.92 Å². The summed E-state index contributed by atoms with van der Waals surface area (Å²) in [5.74, 6) is -0.102. The zero-order valence-corrected chi connectivity index (χ0v) is 18.7. The van der Waals surface area contributed by atoms with Crippen LogP contribution in [-0.2, 0) is 11.3 Å². The Kier molecular flexibility index (Phi) is 7.08. The van der Waals surface area contributed by atoms with E-state index in [0.29, 0.717) is 18.0 Å². The molecule has 2 aromatic heterocycles. The number of amides is 2. The number of carbonyl (C=O) groups excluding carboxylic acids is 2. The zero-order chi connectivity index (χ0) is 19.4. The van der Waals surface area contributed by atoms with Crippen LogP contribution in [-0.4, -0.2) is 53.8 Å². The molecule has 1 saturated heterocycles. The molecule has 0 aromatic carbocycles. The molecule has 27 heavy (non-hydrogen) atoms. The molecule has 1 N–H and O–H groups in total. The second-order valence-corrected chi connectivity index (χ2v) is 10.5. The van der Waals surface area contributed by atoms with Crippen molar-refractivity contribution in [3.05, 3.63) is 43.2 Å². The van der Waals surface area contributed by atoms with Gasteiger partial charge in [0.2, 0.25) is 5.91 Å². The molecule has 2 amide bonds. The summed E-state index contributed by atoms with van der Waals surface area (Å²) in [6.07, 6.45) is 0. The lowest BCUT2D eigenvalue weighted by molar-refractivity contribution is -0.136. The molecule has 3 rings (SSSR count). The van der Waals surface area contributed by atoms with Gasteiger partial charge in [0, 0.05) is 37.6 Å². The monoisotopic (exact) mass is 469 g/mol. The van der Waals surface area contributed by atoms with E-state index in [-0.39, 0.29) is 17.7 Å². The molecule has 0 spiro atoms. The van der Waals surface area contributed by atoms with Gasteiger partial charge in [0.1, 0.15) is 6.04 Å². The van der Waals surface area contributed by atoms with E-state index < -0.39 is 6.04 Å². The highest BCUT2D eigenvalue weighted by Crippen LogP contribution is 2.23. The Morgan fingerprint density at radius 3 is 2.48 bits per heavy atom. The van der Waals surface area contributed by atoms with Crippen molar-refractivity contribution in [1.29, 1.82) is 0 Å². The van der Waals surface area contributed by atoms with Crippen molar-refractivity contribution in [3.63, 3.8) is 0 Å². The molecular formula is C19H24BrN3O2S2. The molecule has 1 unspecified atom stereocenters. The SMILES string of the molecule is CC(C)C(NC(=O)c1cccs1)C(=O)N1CCN(Cc2ccc(Br)s2)CC1. The van der Waals surface area contributed by atoms with E-state index in [2.05, 4.69) is 38.3 Å². The quantitative estimate of drug-likeness (QED) is 0.701. The molecule has 1 fully saturated rings. The van der Waals surface area contributed by atoms with E-state index in [1.807, 2.05) is 30.2 Å². The third-order valence-electron chi connectivity index (χ3n) is 4.66. The highest BCUT2D eigenvalue weighted by molar-refractivity contribution is 9.11. The van der Waals surface area contributed by atoms with Gasteiger partial charge in [-0.2, -0.15) is 0 Å². The number of halogens is 1. The van der Waals surface area contributed by atoms with E-state index >= 15 is 0 Å². The molecule has 1 atom stereocenters. The maximum Gasteiger partial charge on any atom is 0.262 e. The van der Waals surface area contributed by atoms with Crippen LogP contribution in [0.25, 0.3) is 0 Å². The normalized spacial score (nSPS) is 16.5. The minimum absolute atomic E-state index is 0.0217. The van der Waals surface area contributed by atoms with Crippen LogP contribution >= 0.6 is 38.6 Å². The topological polar surface area (TPSA) is 52.7 Å². The van der Waals surface area contributed by atoms with Gasteiger partial charge < -0.3 is 10.2 Å². The minimum Gasteiger partial charge on any atom is -0.339 e. The van der Waals surface area contributed by atoms with E-state index in [1.165, 1.54) is 16.2 Å². The van der Waals surface area contributed by atoms with E-state index in [1.54, 1.807) is 17.4 Å². The number of nitrogens with zero attached hydrogens (tertiary/aromatic N) is 2. The van der Waals surface area contributed by atoms with Gasteiger partial charge in [0.05, 0.1) is 8.66 Å². The molecular weight excluding hydrogens is 446 g/mol. The van der Waals surface area contributed by atoms with E-state index in [0.717, 1.165) is 23.4 Å². The summed E-state index contributed by atoms with van der Waals surface area (Å²) in [7, 11) is 0. The maximum atomic E-state index is 13.0. The standard InChI is InChI=1S/C19H24BrN3O2S2/c1-13(2)17(21-18(24)15-4-3-11-26-15)19(25)23-9-7-22(8-10-23)12-14-5-6-16(20)27-14/h3-6,11,13,17H,7-10,12H2,1-2H3,(H,21,24). The largest absolute Gasteiger partial charge is 0.339 e. The second-order valence-electron chi connectivity index (χ2n) is 6.98. The zero-order valence-electron chi connectivity index (χ0n) is 15.5. The van der Waals surface area contributed by atoms with Gasteiger partial charge >= 0.3 is 0 Å².